The second-order valence-corrected chi connectivity index (χ2v) is 3.51. The summed E-state index contributed by atoms with van der Waals surface area (Å²) in [7, 11) is 0. The number of aromatic nitrogens is 2. The smallest absolute Gasteiger partial charge is 0.240 e. The zero-order chi connectivity index (χ0) is 12.8. The number of rotatable bonds is 6. The van der Waals surface area contributed by atoms with Gasteiger partial charge in [-0.15, -0.1) is 0 Å². The van der Waals surface area contributed by atoms with Gasteiger partial charge in [-0.1, -0.05) is 11.2 Å². The van der Waals surface area contributed by atoms with Gasteiger partial charge in [0, 0.05) is 6.07 Å². The van der Waals surface area contributed by atoms with E-state index in [2.05, 4.69) is 10.1 Å². The Bertz CT molecular complexity index is 499. The van der Waals surface area contributed by atoms with Crippen LogP contribution in [-0.4, -0.2) is 16.7 Å². The lowest BCUT2D eigenvalue weighted by Gasteiger charge is -2.06. The lowest BCUT2D eigenvalue weighted by atomic mass is 10.3. The Labute approximate surface area is 105 Å². The second-order valence-electron chi connectivity index (χ2n) is 3.51. The topological polar surface area (TPSA) is 83.4 Å². The molecule has 0 bridgehead atoms. The molecule has 1 heterocycles. The van der Waals surface area contributed by atoms with Crippen LogP contribution in [-0.2, 0) is 13.2 Å². The highest BCUT2D eigenvalue weighted by Crippen LogP contribution is 2.20. The molecule has 6 heteroatoms. The fourth-order valence-corrected chi connectivity index (χ4v) is 1.40. The first kappa shape index (κ1) is 12.4. The quantitative estimate of drug-likeness (QED) is 0.835. The van der Waals surface area contributed by atoms with Crippen LogP contribution in [0, 0.1) is 0 Å². The molecule has 0 saturated carbocycles. The van der Waals surface area contributed by atoms with Gasteiger partial charge < -0.3 is 19.7 Å². The van der Waals surface area contributed by atoms with E-state index in [0.717, 1.165) is 5.75 Å². The average Bonchev–Trinajstić information content (AvgIpc) is 2.85. The SMILES string of the molecule is CCOc1cccc(OCc2noc(CN)n2)c1. The van der Waals surface area contributed by atoms with Crippen molar-refractivity contribution in [3.63, 3.8) is 0 Å². The number of hydrogen-bond acceptors (Lipinski definition) is 6. The van der Waals surface area contributed by atoms with Crippen LogP contribution in [0.25, 0.3) is 0 Å². The second kappa shape index (κ2) is 6.02. The van der Waals surface area contributed by atoms with Crippen LogP contribution in [0.5, 0.6) is 11.5 Å². The van der Waals surface area contributed by atoms with Crippen molar-refractivity contribution in [2.45, 2.75) is 20.1 Å². The zero-order valence-corrected chi connectivity index (χ0v) is 10.1. The third kappa shape index (κ3) is 3.21. The van der Waals surface area contributed by atoms with Crippen molar-refractivity contribution < 1.29 is 14.0 Å². The standard InChI is InChI=1S/C12H15N3O3/c1-2-16-9-4-3-5-10(6-9)17-8-11-14-12(7-13)18-15-11/h3-6H,2,7-8,13H2,1H3. The molecule has 0 radical (unpaired) electrons. The van der Waals surface area contributed by atoms with Gasteiger partial charge >= 0.3 is 0 Å². The van der Waals surface area contributed by atoms with Crippen LogP contribution >= 0.6 is 0 Å². The predicted octanol–water partition coefficient (Wildman–Crippen LogP) is 1.51. The van der Waals surface area contributed by atoms with Gasteiger partial charge in [-0.2, -0.15) is 4.98 Å². The molecule has 0 unspecified atom stereocenters. The summed E-state index contributed by atoms with van der Waals surface area (Å²) in [5.74, 6) is 2.33. The molecule has 96 valence electrons. The molecule has 0 aliphatic carbocycles. The van der Waals surface area contributed by atoms with Crippen molar-refractivity contribution in [1.29, 1.82) is 0 Å². The molecule has 1 aromatic heterocycles. The van der Waals surface area contributed by atoms with E-state index >= 15 is 0 Å². The highest BCUT2D eigenvalue weighted by molar-refractivity contribution is 5.32. The predicted molar refractivity (Wildman–Crippen MR) is 64.1 cm³/mol. The van der Waals surface area contributed by atoms with E-state index in [1.807, 2.05) is 31.2 Å². The molecule has 18 heavy (non-hydrogen) atoms. The summed E-state index contributed by atoms with van der Waals surface area (Å²) in [5, 5.41) is 3.74. The minimum Gasteiger partial charge on any atom is -0.494 e. The van der Waals surface area contributed by atoms with Crippen LogP contribution in [0.4, 0.5) is 0 Å². The first-order valence-corrected chi connectivity index (χ1v) is 5.69. The van der Waals surface area contributed by atoms with E-state index in [1.165, 1.54) is 0 Å². The maximum Gasteiger partial charge on any atom is 0.240 e. The van der Waals surface area contributed by atoms with Gasteiger partial charge in [0.2, 0.25) is 11.7 Å². The molecule has 1 aromatic carbocycles. The molecule has 2 aromatic rings. The third-order valence-corrected chi connectivity index (χ3v) is 2.17. The highest BCUT2D eigenvalue weighted by atomic mass is 16.5. The lowest BCUT2D eigenvalue weighted by Crippen LogP contribution is -2.00. The Kier molecular flexibility index (Phi) is 4.14. The molecule has 0 amide bonds. The molecule has 2 N–H and O–H groups in total. The molecule has 0 fully saturated rings. The molecular weight excluding hydrogens is 234 g/mol. The number of nitrogens with zero attached hydrogens (tertiary/aromatic N) is 2. The van der Waals surface area contributed by atoms with Crippen LogP contribution in [0.3, 0.4) is 0 Å². The van der Waals surface area contributed by atoms with E-state index < -0.39 is 0 Å². The molecular formula is C12H15N3O3. The Morgan fingerprint density at radius 2 is 2.06 bits per heavy atom. The number of benzene rings is 1. The van der Waals surface area contributed by atoms with E-state index in [1.54, 1.807) is 0 Å². The lowest BCUT2D eigenvalue weighted by molar-refractivity contribution is 0.281. The van der Waals surface area contributed by atoms with Gasteiger partial charge in [0.1, 0.15) is 11.5 Å². The minimum absolute atomic E-state index is 0.229. The van der Waals surface area contributed by atoms with Crippen LogP contribution in [0.15, 0.2) is 28.8 Å². The molecule has 6 nitrogen and oxygen atoms in total. The number of ether oxygens (including phenoxy) is 2. The summed E-state index contributed by atoms with van der Waals surface area (Å²) in [6, 6.07) is 7.39. The monoisotopic (exact) mass is 249 g/mol. The molecule has 0 aliphatic heterocycles. The molecule has 2 rings (SSSR count). The van der Waals surface area contributed by atoms with Crippen molar-refractivity contribution >= 4 is 0 Å². The summed E-state index contributed by atoms with van der Waals surface area (Å²) >= 11 is 0. The van der Waals surface area contributed by atoms with Gasteiger partial charge in [-0.3, -0.25) is 0 Å². The average molecular weight is 249 g/mol. The molecule has 0 aliphatic rings. The molecule has 0 saturated heterocycles. The van der Waals surface area contributed by atoms with Gasteiger partial charge in [0.05, 0.1) is 13.2 Å². The van der Waals surface area contributed by atoms with E-state index in [9.17, 15) is 0 Å². The van der Waals surface area contributed by atoms with Gasteiger partial charge in [-0.05, 0) is 19.1 Å². The fourth-order valence-electron chi connectivity index (χ4n) is 1.40. The largest absolute Gasteiger partial charge is 0.494 e. The van der Waals surface area contributed by atoms with Crippen molar-refractivity contribution in [2.24, 2.45) is 5.73 Å². The van der Waals surface area contributed by atoms with E-state index in [0.29, 0.717) is 24.1 Å². The maximum absolute atomic E-state index is 5.53. The Morgan fingerprint density at radius 3 is 2.72 bits per heavy atom. The van der Waals surface area contributed by atoms with E-state index in [-0.39, 0.29) is 13.2 Å². The van der Waals surface area contributed by atoms with Crippen molar-refractivity contribution in [3.05, 3.63) is 36.0 Å². The highest BCUT2D eigenvalue weighted by Gasteiger charge is 2.05. The van der Waals surface area contributed by atoms with Gasteiger partial charge in [-0.25, -0.2) is 0 Å². The van der Waals surface area contributed by atoms with Crippen LogP contribution < -0.4 is 15.2 Å². The van der Waals surface area contributed by atoms with Gasteiger partial charge in [0.15, 0.2) is 6.61 Å². The summed E-state index contributed by atoms with van der Waals surface area (Å²) in [6.07, 6.45) is 0. The first-order chi connectivity index (χ1) is 8.81. The molecule has 0 spiro atoms. The van der Waals surface area contributed by atoms with E-state index in [4.69, 9.17) is 19.7 Å². The minimum atomic E-state index is 0.229. The normalized spacial score (nSPS) is 10.3. The van der Waals surface area contributed by atoms with Crippen LogP contribution in [0.2, 0.25) is 0 Å². The summed E-state index contributed by atoms with van der Waals surface area (Å²) in [6.45, 7) is 3.02. The Balaban J connectivity index is 1.94. The summed E-state index contributed by atoms with van der Waals surface area (Å²) in [4.78, 5) is 4.04. The van der Waals surface area contributed by atoms with Crippen LogP contribution in [0.1, 0.15) is 18.6 Å². The number of nitrogens with two attached hydrogens (primary N) is 1. The third-order valence-electron chi connectivity index (χ3n) is 2.17. The Hall–Kier alpha value is -2.08. The summed E-state index contributed by atoms with van der Waals surface area (Å²) in [5.41, 5.74) is 5.37. The van der Waals surface area contributed by atoms with Crippen molar-refractivity contribution in [2.75, 3.05) is 6.61 Å². The zero-order valence-electron chi connectivity index (χ0n) is 10.1. The Morgan fingerprint density at radius 1 is 1.28 bits per heavy atom. The first-order valence-electron chi connectivity index (χ1n) is 5.69. The molecule has 0 atom stereocenters. The fraction of sp³-hybridized carbons (Fsp3) is 0.333. The summed E-state index contributed by atoms with van der Waals surface area (Å²) < 4.78 is 15.8. The maximum atomic E-state index is 5.53. The van der Waals surface area contributed by atoms with Crippen molar-refractivity contribution in [3.8, 4) is 11.5 Å². The van der Waals surface area contributed by atoms with Crippen molar-refractivity contribution in [1.82, 2.24) is 10.1 Å². The van der Waals surface area contributed by atoms with Gasteiger partial charge in [0.25, 0.3) is 0 Å². The number of hydrogen-bond donors (Lipinski definition) is 1.